The third kappa shape index (κ3) is 3.02. The Hall–Kier alpha value is -0.840. The number of rotatable bonds is 3. The Morgan fingerprint density at radius 3 is 2.63 bits per heavy atom. The lowest BCUT2D eigenvalue weighted by Gasteiger charge is -2.24. The molecule has 106 valence electrons. The molecule has 0 atom stereocenters. The van der Waals surface area contributed by atoms with Crippen LogP contribution in [0.25, 0.3) is 0 Å². The summed E-state index contributed by atoms with van der Waals surface area (Å²) in [5.41, 5.74) is 1.09. The number of aryl methyl sites for hydroxylation is 1. The van der Waals surface area contributed by atoms with Crippen LogP contribution in [0, 0.1) is 6.92 Å². The second kappa shape index (κ2) is 5.65. The predicted molar refractivity (Wildman–Crippen MR) is 79.0 cm³/mol. The van der Waals surface area contributed by atoms with Crippen LogP contribution in [0.1, 0.15) is 50.3 Å². The maximum Gasteiger partial charge on any atom is 0.203 e. The first-order valence-electron chi connectivity index (χ1n) is 7.39. The highest BCUT2D eigenvalue weighted by Gasteiger charge is 2.23. The summed E-state index contributed by atoms with van der Waals surface area (Å²) < 4.78 is 13.7. The summed E-state index contributed by atoms with van der Waals surface area (Å²) in [6.45, 7) is 2.06. The molecule has 1 saturated carbocycles. The molecule has 3 rings (SSSR count). The molecule has 5 heteroatoms. The zero-order valence-corrected chi connectivity index (χ0v) is 12.4. The van der Waals surface area contributed by atoms with Gasteiger partial charge in [0.25, 0.3) is 0 Å². The minimum absolute atomic E-state index is 0.444. The van der Waals surface area contributed by atoms with Crippen LogP contribution >= 0.6 is 0 Å². The maximum absolute atomic E-state index is 11.4. The number of hydrogen-bond acceptors (Lipinski definition) is 3. The molecule has 19 heavy (non-hydrogen) atoms. The zero-order chi connectivity index (χ0) is 13.2. The lowest BCUT2D eigenvalue weighted by molar-refractivity contribution is 0.516. The number of imidazole rings is 1. The Morgan fingerprint density at radius 1 is 1.26 bits per heavy atom. The Balaban J connectivity index is 1.71. The lowest BCUT2D eigenvalue weighted by atomic mass is 10.1. The topological polar surface area (TPSA) is 46.9 Å². The van der Waals surface area contributed by atoms with E-state index in [1.54, 1.807) is 0 Å². The molecule has 1 aliphatic carbocycles. The van der Waals surface area contributed by atoms with Crippen molar-refractivity contribution in [2.24, 2.45) is 0 Å². The summed E-state index contributed by atoms with van der Waals surface area (Å²) in [4.78, 5) is 4.64. The summed E-state index contributed by atoms with van der Waals surface area (Å²) in [5, 5.41) is 3.59. The largest absolute Gasteiger partial charge is 0.353 e. The van der Waals surface area contributed by atoms with Gasteiger partial charge in [0.05, 0.1) is 5.69 Å². The van der Waals surface area contributed by atoms with Crippen molar-refractivity contribution in [2.45, 2.75) is 57.5 Å². The van der Waals surface area contributed by atoms with Crippen molar-refractivity contribution in [3.8, 4) is 0 Å². The number of anilines is 1. The van der Waals surface area contributed by atoms with E-state index in [1.165, 1.54) is 25.7 Å². The molecule has 0 spiro atoms. The van der Waals surface area contributed by atoms with E-state index in [-0.39, 0.29) is 0 Å². The zero-order valence-electron chi connectivity index (χ0n) is 11.6. The van der Waals surface area contributed by atoms with Gasteiger partial charge in [0.2, 0.25) is 5.95 Å². The average molecular weight is 281 g/mol. The molecule has 2 fully saturated rings. The van der Waals surface area contributed by atoms with E-state index in [9.17, 15) is 4.21 Å². The molecule has 0 bridgehead atoms. The second-order valence-electron chi connectivity index (χ2n) is 5.82. The molecule has 0 aromatic carbocycles. The molecular formula is C14H23N3OS. The second-order valence-corrected chi connectivity index (χ2v) is 7.51. The van der Waals surface area contributed by atoms with Crippen LogP contribution in [0.4, 0.5) is 5.95 Å². The number of aromatic nitrogens is 2. The Labute approximate surface area is 117 Å². The van der Waals surface area contributed by atoms with E-state index in [0.717, 1.165) is 36.0 Å². The van der Waals surface area contributed by atoms with E-state index in [0.29, 0.717) is 12.1 Å². The van der Waals surface area contributed by atoms with Crippen molar-refractivity contribution in [1.29, 1.82) is 0 Å². The van der Waals surface area contributed by atoms with Crippen molar-refractivity contribution < 1.29 is 4.21 Å². The molecule has 0 radical (unpaired) electrons. The van der Waals surface area contributed by atoms with Gasteiger partial charge in [0, 0.05) is 40.6 Å². The molecule has 1 aromatic heterocycles. The van der Waals surface area contributed by atoms with Crippen LogP contribution in [-0.4, -0.2) is 31.3 Å². The van der Waals surface area contributed by atoms with Gasteiger partial charge in [0.15, 0.2) is 0 Å². The minimum atomic E-state index is -0.588. The van der Waals surface area contributed by atoms with Gasteiger partial charge in [0.1, 0.15) is 0 Å². The summed E-state index contributed by atoms with van der Waals surface area (Å²) in [5.74, 6) is 2.70. The SMILES string of the molecule is Cc1cn(C2CCCC2)c(NC2CCS(=O)CC2)n1. The van der Waals surface area contributed by atoms with Crippen molar-refractivity contribution in [1.82, 2.24) is 9.55 Å². The first kappa shape index (κ1) is 13.2. The predicted octanol–water partition coefficient (Wildman–Crippen LogP) is 2.63. The molecule has 1 saturated heterocycles. The quantitative estimate of drug-likeness (QED) is 0.926. The van der Waals surface area contributed by atoms with Gasteiger partial charge in [-0.15, -0.1) is 0 Å². The van der Waals surface area contributed by atoms with Crippen molar-refractivity contribution >= 4 is 16.7 Å². The highest BCUT2D eigenvalue weighted by Crippen LogP contribution is 2.32. The van der Waals surface area contributed by atoms with Crippen LogP contribution in [-0.2, 0) is 10.8 Å². The van der Waals surface area contributed by atoms with Gasteiger partial charge in [-0.3, -0.25) is 4.21 Å². The number of nitrogens with zero attached hydrogens (tertiary/aromatic N) is 2. The smallest absolute Gasteiger partial charge is 0.203 e. The minimum Gasteiger partial charge on any atom is -0.353 e. The molecule has 1 N–H and O–H groups in total. The molecule has 0 amide bonds. The summed E-state index contributed by atoms with van der Waals surface area (Å²) >= 11 is 0. The van der Waals surface area contributed by atoms with Crippen LogP contribution in [0.15, 0.2) is 6.20 Å². The Bertz CT molecular complexity index is 455. The standard InChI is InChI=1S/C14H23N3OS/c1-11-10-17(13-4-2-3-5-13)14(15-11)16-12-6-8-19(18)9-7-12/h10,12-13H,2-9H2,1H3,(H,15,16). The van der Waals surface area contributed by atoms with E-state index in [2.05, 4.69) is 28.0 Å². The van der Waals surface area contributed by atoms with Crippen LogP contribution in [0.3, 0.4) is 0 Å². The third-order valence-corrected chi connectivity index (χ3v) is 5.67. The maximum atomic E-state index is 11.4. The molecule has 1 aromatic rings. The van der Waals surface area contributed by atoms with Gasteiger partial charge in [-0.1, -0.05) is 12.8 Å². The van der Waals surface area contributed by atoms with E-state index >= 15 is 0 Å². The summed E-state index contributed by atoms with van der Waals surface area (Å²) in [6.07, 6.45) is 9.41. The summed E-state index contributed by atoms with van der Waals surface area (Å²) in [7, 11) is -0.588. The molecule has 0 unspecified atom stereocenters. The fraction of sp³-hybridized carbons (Fsp3) is 0.786. The molecule has 2 aliphatic rings. The fourth-order valence-corrected chi connectivity index (χ4v) is 4.50. The van der Waals surface area contributed by atoms with Crippen LogP contribution in [0.2, 0.25) is 0 Å². The highest BCUT2D eigenvalue weighted by atomic mass is 32.2. The van der Waals surface area contributed by atoms with E-state index in [4.69, 9.17) is 0 Å². The first-order valence-corrected chi connectivity index (χ1v) is 8.88. The van der Waals surface area contributed by atoms with Gasteiger partial charge in [-0.25, -0.2) is 4.98 Å². The Kier molecular flexibility index (Phi) is 3.91. The molecular weight excluding hydrogens is 258 g/mol. The van der Waals surface area contributed by atoms with Crippen molar-refractivity contribution in [3.63, 3.8) is 0 Å². The number of hydrogen-bond donors (Lipinski definition) is 1. The number of nitrogens with one attached hydrogen (secondary N) is 1. The van der Waals surface area contributed by atoms with Gasteiger partial charge in [-0.05, 0) is 32.6 Å². The van der Waals surface area contributed by atoms with Crippen molar-refractivity contribution in [2.75, 3.05) is 16.8 Å². The van der Waals surface area contributed by atoms with Gasteiger partial charge in [-0.2, -0.15) is 0 Å². The van der Waals surface area contributed by atoms with Crippen molar-refractivity contribution in [3.05, 3.63) is 11.9 Å². The molecule has 2 heterocycles. The van der Waals surface area contributed by atoms with Gasteiger partial charge < -0.3 is 9.88 Å². The lowest BCUT2D eigenvalue weighted by Crippen LogP contribution is -2.30. The molecule has 4 nitrogen and oxygen atoms in total. The van der Waals surface area contributed by atoms with Crippen LogP contribution < -0.4 is 5.32 Å². The highest BCUT2D eigenvalue weighted by molar-refractivity contribution is 7.85. The first-order chi connectivity index (χ1) is 9.22. The van der Waals surface area contributed by atoms with E-state index in [1.807, 2.05) is 0 Å². The monoisotopic (exact) mass is 281 g/mol. The van der Waals surface area contributed by atoms with E-state index < -0.39 is 10.8 Å². The average Bonchev–Trinajstić information content (AvgIpc) is 3.01. The van der Waals surface area contributed by atoms with Crippen LogP contribution in [0.5, 0.6) is 0 Å². The Morgan fingerprint density at radius 2 is 1.95 bits per heavy atom. The molecule has 1 aliphatic heterocycles. The summed E-state index contributed by atoms with van der Waals surface area (Å²) in [6, 6.07) is 1.07. The normalized spacial score (nSPS) is 28.7. The fourth-order valence-electron chi connectivity index (χ4n) is 3.20. The van der Waals surface area contributed by atoms with Gasteiger partial charge >= 0.3 is 0 Å². The third-order valence-electron chi connectivity index (χ3n) is 4.29.